The van der Waals surface area contributed by atoms with E-state index in [4.69, 9.17) is 4.74 Å². The second-order valence-electron chi connectivity index (χ2n) is 25.0. The molecule has 0 saturated heterocycles. The van der Waals surface area contributed by atoms with E-state index in [-0.39, 0.29) is 46.4 Å². The van der Waals surface area contributed by atoms with E-state index in [0.717, 1.165) is 46.8 Å². The highest BCUT2D eigenvalue weighted by Gasteiger charge is 2.45. The number of ether oxygens (including phenoxy) is 1. The molecule has 346 valence electrons. The van der Waals surface area contributed by atoms with Gasteiger partial charge >= 0.3 is 5.97 Å². The number of nitrogens with zero attached hydrogens (tertiary/aromatic N) is 2. The molecule has 0 radical (unpaired) electrons. The summed E-state index contributed by atoms with van der Waals surface area (Å²) in [6.45, 7) is 34.9. The molecule has 2 heterocycles. The van der Waals surface area contributed by atoms with Crippen LogP contribution in [0, 0.1) is 0 Å². The van der Waals surface area contributed by atoms with Crippen LogP contribution in [0.5, 0.6) is 0 Å². The molecule has 0 bridgehead atoms. The van der Waals surface area contributed by atoms with Crippen molar-refractivity contribution in [2.75, 3.05) is 9.80 Å². The van der Waals surface area contributed by atoms with Crippen LogP contribution in [0.15, 0.2) is 109 Å². The Morgan fingerprint density at radius 3 is 1.40 bits per heavy atom. The van der Waals surface area contributed by atoms with Gasteiger partial charge in [0.25, 0.3) is 6.71 Å². The number of fused-ring (bicyclic) bond motifs is 5. The molecular weight excluding hydrogens is 816 g/mol. The predicted octanol–water partition coefficient (Wildman–Crippen LogP) is 14.5. The van der Waals surface area contributed by atoms with E-state index < -0.39 is 0 Å². The van der Waals surface area contributed by atoms with Gasteiger partial charge in [-0.3, -0.25) is 0 Å². The fourth-order valence-electron chi connectivity index (χ4n) is 10.4. The van der Waals surface area contributed by atoms with E-state index in [1.807, 2.05) is 30.3 Å². The van der Waals surface area contributed by atoms with Crippen molar-refractivity contribution in [3.63, 3.8) is 0 Å². The summed E-state index contributed by atoms with van der Waals surface area (Å²) in [6, 6.07) is 41.1. The SMILES string of the molecule is CC(C)(C)c1cc(N2c3ccc(C(C)(C)C)cc3B3c4cc5c(cc4N(c4cc(C(C)(C)C)cc(C(C)(C)C)c4)c4cc(C(=O)OCc6ccccc6)cc2c43)CCCC5)cc(C(C)(C)C)c1. The minimum atomic E-state index is -0.331. The summed E-state index contributed by atoms with van der Waals surface area (Å²) in [7, 11) is 0. The zero-order valence-electron chi connectivity index (χ0n) is 43.2. The highest BCUT2D eigenvalue weighted by Crippen LogP contribution is 2.48. The van der Waals surface area contributed by atoms with Crippen LogP contribution in [-0.4, -0.2) is 12.7 Å². The van der Waals surface area contributed by atoms with Crippen molar-refractivity contribution in [1.82, 2.24) is 0 Å². The molecule has 5 heteroatoms. The smallest absolute Gasteiger partial charge is 0.338 e. The number of carbonyl (C=O) groups is 1. The van der Waals surface area contributed by atoms with Gasteiger partial charge in [0, 0.05) is 34.1 Å². The molecule has 0 aromatic heterocycles. The molecule has 0 N–H and O–H groups in total. The van der Waals surface area contributed by atoms with Gasteiger partial charge in [-0.15, -0.1) is 0 Å². The van der Waals surface area contributed by atoms with Crippen LogP contribution in [-0.2, 0) is 51.3 Å². The standard InChI is InChI=1S/C62H73BN2O2/c1-58(2,3)43-25-26-52-51(37-43)63-50-27-40-23-19-20-24-41(40)28-53(50)65(49-35-46(61(10,11)12)32-47(36-49)62(13,14)15)55-30-42(57(66)67-38-39-21-17-16-18-22-39)29-54(56(55)63)64(52)48-33-44(59(4,5)6)31-45(34-48)60(7,8)9/h16-18,21-22,25-37H,19-20,23-24,38H2,1-15H3. The van der Waals surface area contributed by atoms with Gasteiger partial charge in [0.1, 0.15) is 6.61 Å². The van der Waals surface area contributed by atoms with Crippen molar-refractivity contribution >= 4 is 63.2 Å². The van der Waals surface area contributed by atoms with Gasteiger partial charge in [-0.2, -0.15) is 0 Å². The minimum absolute atomic E-state index is 0.0724. The fraction of sp³-hybridized carbons (Fsp3) is 0.403. The predicted molar refractivity (Wildman–Crippen MR) is 286 cm³/mol. The molecule has 6 aromatic carbocycles. The third-order valence-corrected chi connectivity index (χ3v) is 14.7. The maximum absolute atomic E-state index is 14.9. The summed E-state index contributed by atoms with van der Waals surface area (Å²) in [5.74, 6) is -0.331. The fourth-order valence-corrected chi connectivity index (χ4v) is 10.4. The van der Waals surface area contributed by atoms with E-state index in [1.54, 1.807) is 0 Å². The largest absolute Gasteiger partial charge is 0.457 e. The summed E-state index contributed by atoms with van der Waals surface area (Å²) in [4.78, 5) is 19.9. The van der Waals surface area contributed by atoms with Crippen molar-refractivity contribution in [1.29, 1.82) is 0 Å². The highest BCUT2D eigenvalue weighted by atomic mass is 16.5. The maximum Gasteiger partial charge on any atom is 0.338 e. The van der Waals surface area contributed by atoms with Crippen molar-refractivity contribution < 1.29 is 9.53 Å². The van der Waals surface area contributed by atoms with E-state index in [2.05, 4.69) is 193 Å². The normalized spacial score (nSPS) is 14.9. The molecule has 2 aliphatic heterocycles. The molecule has 0 atom stereocenters. The van der Waals surface area contributed by atoms with Crippen LogP contribution in [0.4, 0.5) is 34.1 Å². The summed E-state index contributed by atoms with van der Waals surface area (Å²) in [5, 5.41) is 0. The lowest BCUT2D eigenvalue weighted by Gasteiger charge is -2.45. The Balaban J connectivity index is 1.43. The first kappa shape index (κ1) is 46.6. The zero-order chi connectivity index (χ0) is 48.2. The number of aryl methyl sites for hydroxylation is 2. The summed E-state index contributed by atoms with van der Waals surface area (Å²) >= 11 is 0. The van der Waals surface area contributed by atoms with Gasteiger partial charge in [-0.25, -0.2) is 4.79 Å². The van der Waals surface area contributed by atoms with Gasteiger partial charge in [-0.1, -0.05) is 165 Å². The van der Waals surface area contributed by atoms with Crippen LogP contribution >= 0.6 is 0 Å². The number of carbonyl (C=O) groups excluding carboxylic acids is 1. The maximum atomic E-state index is 14.9. The first-order valence-corrected chi connectivity index (χ1v) is 24.9. The monoisotopic (exact) mass is 889 g/mol. The molecular formula is C62H73BN2O2. The van der Waals surface area contributed by atoms with E-state index >= 15 is 0 Å². The molecule has 0 spiro atoms. The number of anilines is 6. The number of benzene rings is 6. The molecule has 9 rings (SSSR count). The topological polar surface area (TPSA) is 32.8 Å². The zero-order valence-corrected chi connectivity index (χ0v) is 43.2. The van der Waals surface area contributed by atoms with Crippen molar-refractivity contribution in [3.05, 3.63) is 159 Å². The Morgan fingerprint density at radius 1 is 0.478 bits per heavy atom. The number of esters is 1. The first-order valence-electron chi connectivity index (χ1n) is 24.9. The second-order valence-corrected chi connectivity index (χ2v) is 25.0. The number of hydrogen-bond donors (Lipinski definition) is 0. The third-order valence-electron chi connectivity index (χ3n) is 14.7. The van der Waals surface area contributed by atoms with Gasteiger partial charge in [0.15, 0.2) is 0 Å². The quantitative estimate of drug-likeness (QED) is 0.127. The first-order chi connectivity index (χ1) is 31.3. The molecule has 4 nitrogen and oxygen atoms in total. The van der Waals surface area contributed by atoms with Gasteiger partial charge in [0.2, 0.25) is 0 Å². The van der Waals surface area contributed by atoms with Crippen LogP contribution < -0.4 is 26.2 Å². The molecule has 3 aliphatic rings. The Hall–Kier alpha value is -5.55. The van der Waals surface area contributed by atoms with E-state index in [1.165, 1.54) is 73.9 Å². The van der Waals surface area contributed by atoms with Crippen LogP contribution in [0.25, 0.3) is 0 Å². The van der Waals surface area contributed by atoms with Crippen molar-refractivity contribution in [2.45, 2.75) is 163 Å². The Labute approximate surface area is 403 Å². The van der Waals surface area contributed by atoms with Crippen molar-refractivity contribution in [2.24, 2.45) is 0 Å². The Morgan fingerprint density at radius 2 is 0.925 bits per heavy atom. The summed E-state index contributed by atoms with van der Waals surface area (Å²) in [6.07, 6.45) is 4.56. The lowest BCUT2D eigenvalue weighted by Crippen LogP contribution is -2.61. The van der Waals surface area contributed by atoms with Crippen LogP contribution in [0.3, 0.4) is 0 Å². The average Bonchev–Trinajstić information content (AvgIpc) is 3.25. The molecule has 67 heavy (non-hydrogen) atoms. The third kappa shape index (κ3) is 8.77. The molecule has 1 aliphatic carbocycles. The molecule has 0 amide bonds. The highest BCUT2D eigenvalue weighted by molar-refractivity contribution is 7.00. The summed E-state index contributed by atoms with van der Waals surface area (Å²) in [5.41, 5.74) is 20.9. The van der Waals surface area contributed by atoms with E-state index in [0.29, 0.717) is 5.56 Å². The Bertz CT molecular complexity index is 2840. The molecule has 0 fully saturated rings. The lowest BCUT2D eigenvalue weighted by molar-refractivity contribution is 0.0472. The molecule has 6 aromatic rings. The Kier molecular flexibility index (Phi) is 11.3. The molecule has 0 saturated carbocycles. The number of hydrogen-bond acceptors (Lipinski definition) is 4. The van der Waals surface area contributed by atoms with E-state index in [9.17, 15) is 4.79 Å². The average molecular weight is 889 g/mol. The van der Waals surface area contributed by atoms with Gasteiger partial charge < -0.3 is 14.5 Å². The second kappa shape index (κ2) is 16.3. The lowest BCUT2D eigenvalue weighted by atomic mass is 9.33. The number of rotatable bonds is 5. The minimum Gasteiger partial charge on any atom is -0.457 e. The molecule has 0 unspecified atom stereocenters. The van der Waals surface area contributed by atoms with Gasteiger partial charge in [0.05, 0.1) is 5.56 Å². The van der Waals surface area contributed by atoms with Gasteiger partial charge in [-0.05, 0) is 162 Å². The van der Waals surface area contributed by atoms with Crippen LogP contribution in [0.1, 0.15) is 172 Å². The summed E-state index contributed by atoms with van der Waals surface area (Å²) < 4.78 is 6.28. The van der Waals surface area contributed by atoms with Crippen molar-refractivity contribution in [3.8, 4) is 0 Å². The van der Waals surface area contributed by atoms with Crippen LogP contribution in [0.2, 0.25) is 0 Å².